The van der Waals surface area contributed by atoms with Crippen LogP contribution in [0.1, 0.15) is 18.4 Å². The summed E-state index contributed by atoms with van der Waals surface area (Å²) in [5.41, 5.74) is 1.15. The Morgan fingerprint density at radius 2 is 2.17 bits per heavy atom. The number of alkyl halides is 1. The molecule has 0 aromatic heterocycles. The minimum atomic E-state index is -0.392. The van der Waals surface area contributed by atoms with E-state index in [9.17, 15) is 10.1 Å². The van der Waals surface area contributed by atoms with Crippen LogP contribution in [-0.4, -0.2) is 23.5 Å². The van der Waals surface area contributed by atoms with Gasteiger partial charge in [-0.3, -0.25) is 10.1 Å². The molecule has 1 aromatic rings. The predicted octanol–water partition coefficient (Wildman–Crippen LogP) is 3.17. The number of nitrogens with zero attached hydrogens (tertiary/aromatic N) is 1. The standard InChI is InChI=1S/C13H16ClNO3/c14-13(11-2-1-7-18-9-11)8-10-3-5-12(6-4-10)15(16)17/h3-6,11,13H,1-2,7-9H2. The van der Waals surface area contributed by atoms with Crippen LogP contribution in [0, 0.1) is 16.0 Å². The summed E-state index contributed by atoms with van der Waals surface area (Å²) in [6.45, 7) is 1.55. The molecule has 1 saturated heterocycles. The molecule has 1 fully saturated rings. The van der Waals surface area contributed by atoms with Crippen LogP contribution >= 0.6 is 11.6 Å². The average molecular weight is 270 g/mol. The molecule has 2 unspecified atom stereocenters. The van der Waals surface area contributed by atoms with Gasteiger partial charge in [-0.1, -0.05) is 12.1 Å². The minimum absolute atomic E-state index is 0.0340. The Kier molecular flexibility index (Phi) is 4.55. The van der Waals surface area contributed by atoms with Gasteiger partial charge in [0.1, 0.15) is 0 Å². The van der Waals surface area contributed by atoms with Crippen molar-refractivity contribution < 1.29 is 9.66 Å². The van der Waals surface area contributed by atoms with Crippen LogP contribution in [0.25, 0.3) is 0 Å². The van der Waals surface area contributed by atoms with Crippen LogP contribution in [0.15, 0.2) is 24.3 Å². The maximum atomic E-state index is 10.5. The summed E-state index contributed by atoms with van der Waals surface area (Å²) in [5.74, 6) is 0.385. The van der Waals surface area contributed by atoms with Gasteiger partial charge >= 0.3 is 0 Å². The Hall–Kier alpha value is -1.13. The SMILES string of the molecule is O=[N+]([O-])c1ccc(CC(Cl)C2CCCOC2)cc1. The first-order chi connectivity index (χ1) is 8.66. The summed E-state index contributed by atoms with van der Waals surface area (Å²) >= 11 is 6.38. The summed E-state index contributed by atoms with van der Waals surface area (Å²) in [4.78, 5) is 10.2. The van der Waals surface area contributed by atoms with E-state index < -0.39 is 4.92 Å². The first kappa shape index (κ1) is 13.3. The maximum absolute atomic E-state index is 10.5. The zero-order valence-corrected chi connectivity index (χ0v) is 10.8. The highest BCUT2D eigenvalue weighted by Gasteiger charge is 2.22. The Labute approximate surface area is 111 Å². The molecular weight excluding hydrogens is 254 g/mol. The highest BCUT2D eigenvalue weighted by atomic mass is 35.5. The number of hydrogen-bond donors (Lipinski definition) is 0. The lowest BCUT2D eigenvalue weighted by atomic mass is 9.94. The first-order valence-electron chi connectivity index (χ1n) is 6.12. The average Bonchev–Trinajstić information content (AvgIpc) is 2.40. The Bertz CT molecular complexity index is 401. The number of rotatable bonds is 4. The fourth-order valence-electron chi connectivity index (χ4n) is 2.20. The molecule has 2 atom stereocenters. The smallest absolute Gasteiger partial charge is 0.269 e. The molecule has 1 aliphatic rings. The highest BCUT2D eigenvalue weighted by molar-refractivity contribution is 6.20. The van der Waals surface area contributed by atoms with Crippen molar-refractivity contribution in [2.24, 2.45) is 5.92 Å². The topological polar surface area (TPSA) is 52.4 Å². The first-order valence-corrected chi connectivity index (χ1v) is 6.55. The normalized spacial score (nSPS) is 21.5. The van der Waals surface area contributed by atoms with Gasteiger partial charge in [0, 0.05) is 24.1 Å². The lowest BCUT2D eigenvalue weighted by Gasteiger charge is -2.26. The van der Waals surface area contributed by atoms with Gasteiger partial charge in [-0.2, -0.15) is 0 Å². The van der Waals surface area contributed by atoms with Crippen LogP contribution in [-0.2, 0) is 11.2 Å². The minimum Gasteiger partial charge on any atom is -0.381 e. The molecular formula is C13H16ClNO3. The van der Waals surface area contributed by atoms with E-state index in [0.717, 1.165) is 38.0 Å². The van der Waals surface area contributed by atoms with Crippen molar-refractivity contribution in [3.05, 3.63) is 39.9 Å². The lowest BCUT2D eigenvalue weighted by Crippen LogP contribution is -2.27. The van der Waals surface area contributed by atoms with Crippen LogP contribution in [0.3, 0.4) is 0 Å². The second kappa shape index (κ2) is 6.16. The molecule has 0 radical (unpaired) electrons. The van der Waals surface area contributed by atoms with Gasteiger partial charge in [-0.25, -0.2) is 0 Å². The molecule has 0 N–H and O–H groups in total. The van der Waals surface area contributed by atoms with E-state index in [1.165, 1.54) is 12.1 Å². The number of nitro benzene ring substituents is 1. The summed E-state index contributed by atoms with van der Waals surface area (Å²) in [5, 5.41) is 10.6. The van der Waals surface area contributed by atoms with Gasteiger partial charge in [0.2, 0.25) is 0 Å². The van der Waals surface area contributed by atoms with Gasteiger partial charge < -0.3 is 4.74 Å². The van der Waals surface area contributed by atoms with E-state index in [-0.39, 0.29) is 11.1 Å². The van der Waals surface area contributed by atoms with Crippen LogP contribution in [0.4, 0.5) is 5.69 Å². The second-order valence-corrected chi connectivity index (χ2v) is 5.18. The summed E-state index contributed by atoms with van der Waals surface area (Å²) in [6, 6.07) is 6.60. The Morgan fingerprint density at radius 1 is 1.44 bits per heavy atom. The second-order valence-electron chi connectivity index (χ2n) is 4.62. The number of halogens is 1. The number of benzene rings is 1. The van der Waals surface area contributed by atoms with Crippen molar-refractivity contribution in [1.82, 2.24) is 0 Å². The fraction of sp³-hybridized carbons (Fsp3) is 0.538. The largest absolute Gasteiger partial charge is 0.381 e. The van der Waals surface area contributed by atoms with E-state index in [1.807, 2.05) is 0 Å². The van der Waals surface area contributed by atoms with Gasteiger partial charge in [-0.05, 0) is 30.7 Å². The van der Waals surface area contributed by atoms with Gasteiger partial charge in [-0.15, -0.1) is 11.6 Å². The molecule has 98 valence electrons. The highest BCUT2D eigenvalue weighted by Crippen LogP contribution is 2.25. The van der Waals surface area contributed by atoms with Crippen molar-refractivity contribution >= 4 is 17.3 Å². The molecule has 5 heteroatoms. The van der Waals surface area contributed by atoms with Gasteiger partial charge in [0.25, 0.3) is 5.69 Å². The van der Waals surface area contributed by atoms with Crippen molar-refractivity contribution in [1.29, 1.82) is 0 Å². The van der Waals surface area contributed by atoms with Crippen molar-refractivity contribution in [2.75, 3.05) is 13.2 Å². The van der Waals surface area contributed by atoms with Crippen molar-refractivity contribution in [3.63, 3.8) is 0 Å². The van der Waals surface area contributed by atoms with E-state index in [1.54, 1.807) is 12.1 Å². The third-order valence-corrected chi connectivity index (χ3v) is 3.80. The predicted molar refractivity (Wildman–Crippen MR) is 70.0 cm³/mol. The molecule has 2 rings (SSSR count). The van der Waals surface area contributed by atoms with E-state index in [2.05, 4.69) is 0 Å². The molecule has 0 aliphatic carbocycles. The van der Waals surface area contributed by atoms with Gasteiger partial charge in [0.05, 0.1) is 11.5 Å². The van der Waals surface area contributed by atoms with E-state index in [0.29, 0.717) is 5.92 Å². The van der Waals surface area contributed by atoms with E-state index >= 15 is 0 Å². The number of ether oxygens (including phenoxy) is 1. The molecule has 1 heterocycles. The number of nitro groups is 1. The molecule has 0 amide bonds. The fourth-order valence-corrected chi connectivity index (χ4v) is 2.57. The summed E-state index contributed by atoms with van der Waals surface area (Å²) in [6.07, 6.45) is 2.89. The molecule has 18 heavy (non-hydrogen) atoms. The molecule has 0 saturated carbocycles. The monoisotopic (exact) mass is 269 g/mol. The molecule has 4 nitrogen and oxygen atoms in total. The number of non-ortho nitro benzene ring substituents is 1. The van der Waals surface area contributed by atoms with Crippen LogP contribution < -0.4 is 0 Å². The molecule has 0 spiro atoms. The lowest BCUT2D eigenvalue weighted by molar-refractivity contribution is -0.384. The molecule has 1 aromatic carbocycles. The van der Waals surface area contributed by atoms with Crippen molar-refractivity contribution in [3.8, 4) is 0 Å². The van der Waals surface area contributed by atoms with E-state index in [4.69, 9.17) is 16.3 Å². The Morgan fingerprint density at radius 3 is 2.72 bits per heavy atom. The molecule has 0 bridgehead atoms. The zero-order valence-electron chi connectivity index (χ0n) is 10.0. The Balaban J connectivity index is 1.93. The third-order valence-electron chi connectivity index (χ3n) is 3.28. The van der Waals surface area contributed by atoms with Crippen molar-refractivity contribution in [2.45, 2.75) is 24.6 Å². The summed E-state index contributed by atoms with van der Waals surface area (Å²) in [7, 11) is 0. The third kappa shape index (κ3) is 3.43. The number of hydrogen-bond acceptors (Lipinski definition) is 3. The zero-order chi connectivity index (χ0) is 13.0. The molecule has 1 aliphatic heterocycles. The van der Waals surface area contributed by atoms with Gasteiger partial charge in [0.15, 0.2) is 0 Å². The quantitative estimate of drug-likeness (QED) is 0.479. The van der Waals surface area contributed by atoms with Crippen LogP contribution in [0.2, 0.25) is 0 Å². The van der Waals surface area contributed by atoms with Crippen LogP contribution in [0.5, 0.6) is 0 Å². The summed E-state index contributed by atoms with van der Waals surface area (Å²) < 4.78 is 5.42. The maximum Gasteiger partial charge on any atom is 0.269 e.